The van der Waals surface area contributed by atoms with Crippen molar-refractivity contribution in [2.75, 3.05) is 0 Å². The van der Waals surface area contributed by atoms with Gasteiger partial charge in [0.2, 0.25) is 0 Å². The summed E-state index contributed by atoms with van der Waals surface area (Å²) in [6.45, 7) is 2.22. The predicted octanol–water partition coefficient (Wildman–Crippen LogP) is 11.3. The molecular weight excluding hydrogens is 504 g/mol. The van der Waals surface area contributed by atoms with Gasteiger partial charge < -0.3 is 0 Å². The van der Waals surface area contributed by atoms with Gasteiger partial charge in [0.1, 0.15) is 0 Å². The van der Waals surface area contributed by atoms with E-state index >= 15 is 0 Å². The highest BCUT2D eigenvalue weighted by molar-refractivity contribution is 6.22. The first-order chi connectivity index (χ1) is 20.8. The van der Waals surface area contributed by atoms with Gasteiger partial charge in [-0.2, -0.15) is 0 Å². The minimum atomic E-state index is 0.944. The summed E-state index contributed by atoms with van der Waals surface area (Å²) in [7, 11) is 0. The molecule has 0 bridgehead atoms. The van der Waals surface area contributed by atoms with Crippen LogP contribution in [-0.4, -0.2) is 0 Å². The van der Waals surface area contributed by atoms with Crippen LogP contribution in [0.1, 0.15) is 29.2 Å². The van der Waals surface area contributed by atoms with Crippen molar-refractivity contribution in [1.29, 1.82) is 0 Å². The second-order valence-corrected chi connectivity index (χ2v) is 11.5. The molecule has 0 saturated carbocycles. The standard InChI is InChI=1S/C42H28/c1-2-30-40-35(24-23-31-32-22-12-18-26-17-11-19-29(37(26)32)25-36(31)40)42-39(28-15-7-4-8-16-28)34-21-10-9-20-33(34)38(41(30)42)27-13-5-3-6-14-27/h2-24H,25H2,1H3/b30-2+. The Morgan fingerprint density at radius 3 is 1.71 bits per heavy atom. The van der Waals surface area contributed by atoms with Crippen molar-refractivity contribution in [1.82, 2.24) is 0 Å². The van der Waals surface area contributed by atoms with E-state index in [9.17, 15) is 0 Å². The third-order valence-corrected chi connectivity index (χ3v) is 9.40. The molecule has 0 nitrogen and oxygen atoms in total. The van der Waals surface area contributed by atoms with E-state index in [1.807, 2.05) is 0 Å². The molecule has 0 fully saturated rings. The van der Waals surface area contributed by atoms with E-state index in [4.69, 9.17) is 0 Å². The fraction of sp³-hybridized carbons (Fsp3) is 0.0476. The maximum atomic E-state index is 2.41. The Hall–Kier alpha value is -5.20. The van der Waals surface area contributed by atoms with E-state index < -0.39 is 0 Å². The minimum Gasteiger partial charge on any atom is -0.0791 e. The fourth-order valence-corrected chi connectivity index (χ4v) is 7.78. The lowest BCUT2D eigenvalue weighted by Gasteiger charge is -2.24. The number of allylic oxidation sites excluding steroid dienone is 1. The first-order valence-corrected chi connectivity index (χ1v) is 14.9. The van der Waals surface area contributed by atoms with Crippen LogP contribution in [0.2, 0.25) is 0 Å². The van der Waals surface area contributed by atoms with Gasteiger partial charge in [-0.1, -0.05) is 140 Å². The number of benzene rings is 7. The molecule has 0 heteroatoms. The van der Waals surface area contributed by atoms with Crippen molar-refractivity contribution in [2.45, 2.75) is 13.3 Å². The fourth-order valence-electron chi connectivity index (χ4n) is 7.78. The van der Waals surface area contributed by atoms with Gasteiger partial charge in [-0.15, -0.1) is 0 Å². The molecule has 2 aliphatic carbocycles. The zero-order chi connectivity index (χ0) is 27.8. The Morgan fingerprint density at radius 1 is 0.452 bits per heavy atom. The first kappa shape index (κ1) is 23.5. The van der Waals surface area contributed by atoms with E-state index in [1.54, 1.807) is 0 Å². The third-order valence-electron chi connectivity index (χ3n) is 9.40. The van der Waals surface area contributed by atoms with E-state index in [0.717, 1.165) is 6.42 Å². The van der Waals surface area contributed by atoms with Gasteiger partial charge in [0.05, 0.1) is 0 Å². The maximum Gasteiger partial charge on any atom is -0.000684 e. The average molecular weight is 533 g/mol. The molecule has 196 valence electrons. The van der Waals surface area contributed by atoms with Crippen LogP contribution in [-0.2, 0) is 6.42 Å². The van der Waals surface area contributed by atoms with Gasteiger partial charge in [0, 0.05) is 0 Å². The summed E-state index contributed by atoms with van der Waals surface area (Å²) >= 11 is 0. The molecule has 0 aromatic heterocycles. The number of rotatable bonds is 2. The van der Waals surface area contributed by atoms with Crippen molar-refractivity contribution in [3.63, 3.8) is 0 Å². The molecular formula is C42H28. The lowest BCUT2D eigenvalue weighted by atomic mass is 9.79. The maximum absolute atomic E-state index is 2.41. The normalized spacial score (nSPS) is 13.8. The predicted molar refractivity (Wildman–Crippen MR) is 179 cm³/mol. The van der Waals surface area contributed by atoms with Crippen molar-refractivity contribution in [2.24, 2.45) is 0 Å². The van der Waals surface area contributed by atoms with Gasteiger partial charge in [-0.25, -0.2) is 0 Å². The average Bonchev–Trinajstić information content (AvgIpc) is 3.39. The SMILES string of the molecule is C/C=C1\c2c(ccc3c2Cc2cccc4cccc-3c24)-c2c1c(-c1ccccc1)c1ccccc1c2-c1ccccc1. The molecule has 9 rings (SSSR count). The molecule has 7 aromatic rings. The quantitative estimate of drug-likeness (QED) is 0.208. The molecule has 0 saturated heterocycles. The van der Waals surface area contributed by atoms with Crippen LogP contribution in [0.5, 0.6) is 0 Å². The number of fused-ring (bicyclic) bond motifs is 7. The molecule has 0 unspecified atom stereocenters. The number of hydrogen-bond donors (Lipinski definition) is 0. The lowest BCUT2D eigenvalue weighted by molar-refractivity contribution is 1.19. The molecule has 0 N–H and O–H groups in total. The van der Waals surface area contributed by atoms with Crippen LogP contribution in [0, 0.1) is 0 Å². The van der Waals surface area contributed by atoms with Crippen molar-refractivity contribution < 1.29 is 0 Å². The zero-order valence-electron chi connectivity index (χ0n) is 23.5. The first-order valence-electron chi connectivity index (χ1n) is 14.9. The summed E-state index contributed by atoms with van der Waals surface area (Å²) < 4.78 is 0. The van der Waals surface area contributed by atoms with Crippen LogP contribution in [0.15, 0.2) is 140 Å². The van der Waals surface area contributed by atoms with Gasteiger partial charge in [-0.05, 0) is 107 Å². The molecule has 0 spiro atoms. The molecule has 0 aliphatic heterocycles. The Balaban J connectivity index is 1.46. The monoisotopic (exact) mass is 532 g/mol. The molecule has 0 heterocycles. The van der Waals surface area contributed by atoms with Crippen LogP contribution in [0.3, 0.4) is 0 Å². The molecule has 2 aliphatic rings. The summed E-state index contributed by atoms with van der Waals surface area (Å²) in [5.74, 6) is 0. The topological polar surface area (TPSA) is 0 Å². The second-order valence-electron chi connectivity index (χ2n) is 11.5. The number of hydrogen-bond acceptors (Lipinski definition) is 0. The summed E-state index contributed by atoms with van der Waals surface area (Å²) in [5.41, 5.74) is 17.6. The molecule has 42 heavy (non-hydrogen) atoms. The largest absolute Gasteiger partial charge is 0.0791 e. The lowest BCUT2D eigenvalue weighted by Crippen LogP contribution is -2.04. The van der Waals surface area contributed by atoms with Crippen LogP contribution < -0.4 is 0 Å². The van der Waals surface area contributed by atoms with Crippen LogP contribution in [0.25, 0.3) is 71.6 Å². The van der Waals surface area contributed by atoms with Crippen molar-refractivity contribution in [3.8, 4) is 44.5 Å². The Morgan fingerprint density at radius 2 is 1.05 bits per heavy atom. The summed E-state index contributed by atoms with van der Waals surface area (Å²) in [6, 6.07) is 49.3. The van der Waals surface area contributed by atoms with Crippen LogP contribution in [0.4, 0.5) is 0 Å². The van der Waals surface area contributed by atoms with Gasteiger partial charge in [-0.3, -0.25) is 0 Å². The Kier molecular flexibility index (Phi) is 4.98. The van der Waals surface area contributed by atoms with E-state index in [-0.39, 0.29) is 0 Å². The highest BCUT2D eigenvalue weighted by atomic mass is 14.4. The van der Waals surface area contributed by atoms with Gasteiger partial charge >= 0.3 is 0 Å². The highest BCUT2D eigenvalue weighted by Crippen LogP contribution is 2.58. The second kappa shape index (κ2) is 8.90. The van der Waals surface area contributed by atoms with Gasteiger partial charge in [0.15, 0.2) is 0 Å². The van der Waals surface area contributed by atoms with E-state index in [0.29, 0.717) is 0 Å². The summed E-state index contributed by atoms with van der Waals surface area (Å²) in [6.07, 6.45) is 3.31. The minimum absolute atomic E-state index is 0.944. The highest BCUT2D eigenvalue weighted by Gasteiger charge is 2.35. The molecule has 7 aromatic carbocycles. The third kappa shape index (κ3) is 3.12. The Labute approximate surface area is 246 Å². The Bertz CT molecular complexity index is 2240. The zero-order valence-corrected chi connectivity index (χ0v) is 23.5. The van der Waals surface area contributed by atoms with Gasteiger partial charge in [0.25, 0.3) is 0 Å². The van der Waals surface area contributed by atoms with Crippen LogP contribution >= 0.6 is 0 Å². The van der Waals surface area contributed by atoms with E-state index in [1.165, 1.54) is 93.9 Å². The van der Waals surface area contributed by atoms with E-state index in [2.05, 4.69) is 146 Å². The van der Waals surface area contributed by atoms with Crippen molar-refractivity contribution >= 4 is 27.1 Å². The molecule has 0 atom stereocenters. The smallest absolute Gasteiger partial charge is 0.000684 e. The molecule has 0 amide bonds. The summed E-state index contributed by atoms with van der Waals surface area (Å²) in [5, 5.41) is 5.34. The summed E-state index contributed by atoms with van der Waals surface area (Å²) in [4.78, 5) is 0. The molecule has 0 radical (unpaired) electrons. The van der Waals surface area contributed by atoms with Crippen molar-refractivity contribution in [3.05, 3.63) is 162 Å².